The van der Waals surface area contributed by atoms with E-state index in [1.807, 2.05) is 18.2 Å². The highest BCUT2D eigenvalue weighted by atomic mass is 15.1. The van der Waals surface area contributed by atoms with E-state index in [0.29, 0.717) is 0 Å². The van der Waals surface area contributed by atoms with Crippen LogP contribution in [0.5, 0.6) is 0 Å². The van der Waals surface area contributed by atoms with Crippen LogP contribution < -0.4 is 5.32 Å². The summed E-state index contributed by atoms with van der Waals surface area (Å²) in [6.07, 6.45) is 0. The van der Waals surface area contributed by atoms with Crippen LogP contribution >= 0.6 is 0 Å². The van der Waals surface area contributed by atoms with Gasteiger partial charge in [-0.1, -0.05) is 42.5 Å². The fourth-order valence-corrected chi connectivity index (χ4v) is 2.27. The van der Waals surface area contributed by atoms with Crippen molar-refractivity contribution in [3.05, 3.63) is 66.0 Å². The molecule has 1 N–H and O–H groups in total. The molecular weight excluding hydrogens is 234 g/mol. The van der Waals surface area contributed by atoms with E-state index in [4.69, 9.17) is 0 Å². The molecule has 3 heteroatoms. The molecule has 0 aliphatic rings. The standard InChI is InChI=1S/C16H17N3/c1-19-15-10-6-5-9-14(15)18-16(19)12-17-11-13-7-3-2-4-8-13/h2-10,17H,11-12H2,1H3. The van der Waals surface area contributed by atoms with Crippen molar-refractivity contribution in [2.75, 3.05) is 0 Å². The van der Waals surface area contributed by atoms with E-state index in [0.717, 1.165) is 24.4 Å². The third-order valence-electron chi connectivity index (χ3n) is 3.33. The second-order valence-corrected chi connectivity index (χ2v) is 4.66. The van der Waals surface area contributed by atoms with Crippen LogP contribution in [0.2, 0.25) is 0 Å². The van der Waals surface area contributed by atoms with Gasteiger partial charge in [0.2, 0.25) is 0 Å². The van der Waals surface area contributed by atoms with E-state index in [1.54, 1.807) is 0 Å². The zero-order valence-electron chi connectivity index (χ0n) is 11.0. The summed E-state index contributed by atoms with van der Waals surface area (Å²) in [6.45, 7) is 1.64. The molecule has 3 rings (SSSR count). The SMILES string of the molecule is Cn1c(CNCc2ccccc2)nc2ccccc21. The number of nitrogens with zero attached hydrogens (tertiary/aromatic N) is 2. The number of rotatable bonds is 4. The molecule has 0 saturated heterocycles. The summed E-state index contributed by atoms with van der Waals surface area (Å²) in [6, 6.07) is 18.6. The summed E-state index contributed by atoms with van der Waals surface area (Å²) in [5, 5.41) is 3.44. The molecule has 19 heavy (non-hydrogen) atoms. The lowest BCUT2D eigenvalue weighted by Gasteiger charge is -2.05. The summed E-state index contributed by atoms with van der Waals surface area (Å²) >= 11 is 0. The van der Waals surface area contributed by atoms with Gasteiger partial charge in [-0.05, 0) is 17.7 Å². The number of benzene rings is 2. The summed E-state index contributed by atoms with van der Waals surface area (Å²) in [5.74, 6) is 1.07. The Balaban J connectivity index is 1.70. The van der Waals surface area contributed by atoms with Crippen LogP contribution in [-0.2, 0) is 20.1 Å². The highest BCUT2D eigenvalue weighted by Gasteiger charge is 2.05. The van der Waals surface area contributed by atoms with Crippen LogP contribution in [0.15, 0.2) is 54.6 Å². The molecule has 1 aromatic heterocycles. The van der Waals surface area contributed by atoms with Gasteiger partial charge in [0.1, 0.15) is 5.82 Å². The van der Waals surface area contributed by atoms with Crippen molar-refractivity contribution >= 4 is 11.0 Å². The van der Waals surface area contributed by atoms with Gasteiger partial charge in [-0.2, -0.15) is 0 Å². The van der Waals surface area contributed by atoms with E-state index >= 15 is 0 Å². The molecule has 0 amide bonds. The van der Waals surface area contributed by atoms with Crippen molar-refractivity contribution in [3.63, 3.8) is 0 Å². The smallest absolute Gasteiger partial charge is 0.123 e. The third-order valence-corrected chi connectivity index (χ3v) is 3.33. The predicted octanol–water partition coefficient (Wildman–Crippen LogP) is 2.86. The lowest BCUT2D eigenvalue weighted by atomic mass is 10.2. The number of para-hydroxylation sites is 2. The molecule has 0 radical (unpaired) electrons. The summed E-state index contributed by atoms with van der Waals surface area (Å²) in [4.78, 5) is 4.64. The van der Waals surface area contributed by atoms with Crippen LogP contribution in [0.4, 0.5) is 0 Å². The fraction of sp³-hybridized carbons (Fsp3) is 0.188. The van der Waals surface area contributed by atoms with Crippen LogP contribution in [0.25, 0.3) is 11.0 Å². The molecule has 0 bridgehead atoms. The minimum atomic E-state index is 0.778. The van der Waals surface area contributed by atoms with Gasteiger partial charge in [0.25, 0.3) is 0 Å². The van der Waals surface area contributed by atoms with Crippen LogP contribution in [0.3, 0.4) is 0 Å². The quantitative estimate of drug-likeness (QED) is 0.772. The maximum Gasteiger partial charge on any atom is 0.123 e. The van der Waals surface area contributed by atoms with E-state index in [1.165, 1.54) is 11.1 Å². The minimum Gasteiger partial charge on any atom is -0.330 e. The molecule has 1 heterocycles. The number of aromatic nitrogens is 2. The lowest BCUT2D eigenvalue weighted by Crippen LogP contribution is -2.15. The highest BCUT2D eigenvalue weighted by molar-refractivity contribution is 5.75. The van der Waals surface area contributed by atoms with Crippen LogP contribution in [-0.4, -0.2) is 9.55 Å². The van der Waals surface area contributed by atoms with Gasteiger partial charge < -0.3 is 9.88 Å². The molecule has 0 aliphatic carbocycles. The largest absolute Gasteiger partial charge is 0.330 e. The second kappa shape index (κ2) is 5.24. The first-order valence-electron chi connectivity index (χ1n) is 6.49. The number of nitrogens with one attached hydrogen (secondary N) is 1. The summed E-state index contributed by atoms with van der Waals surface area (Å²) in [5.41, 5.74) is 3.53. The maximum atomic E-state index is 4.64. The topological polar surface area (TPSA) is 29.9 Å². The van der Waals surface area contributed by atoms with E-state index in [9.17, 15) is 0 Å². The monoisotopic (exact) mass is 251 g/mol. The number of aryl methyl sites for hydroxylation is 1. The van der Waals surface area contributed by atoms with Gasteiger partial charge in [0.05, 0.1) is 17.6 Å². The van der Waals surface area contributed by atoms with Crippen molar-refractivity contribution < 1.29 is 0 Å². The van der Waals surface area contributed by atoms with Gasteiger partial charge in [0, 0.05) is 13.6 Å². The molecule has 0 saturated carbocycles. The Bertz CT molecular complexity index is 671. The van der Waals surface area contributed by atoms with Gasteiger partial charge in [-0.3, -0.25) is 0 Å². The molecule has 0 spiro atoms. The molecule has 3 aromatic rings. The Morgan fingerprint density at radius 2 is 1.68 bits per heavy atom. The van der Waals surface area contributed by atoms with Crippen molar-refractivity contribution in [1.29, 1.82) is 0 Å². The number of fused-ring (bicyclic) bond motifs is 1. The summed E-state index contributed by atoms with van der Waals surface area (Å²) < 4.78 is 2.15. The number of hydrogen-bond acceptors (Lipinski definition) is 2. The molecule has 0 fully saturated rings. The molecule has 96 valence electrons. The summed E-state index contributed by atoms with van der Waals surface area (Å²) in [7, 11) is 2.06. The highest BCUT2D eigenvalue weighted by Crippen LogP contribution is 2.13. The predicted molar refractivity (Wildman–Crippen MR) is 77.7 cm³/mol. The average Bonchev–Trinajstić information content (AvgIpc) is 2.78. The van der Waals surface area contributed by atoms with Crippen molar-refractivity contribution in [1.82, 2.24) is 14.9 Å². The molecular formula is C16H17N3. The van der Waals surface area contributed by atoms with Gasteiger partial charge in [-0.15, -0.1) is 0 Å². The molecule has 0 aliphatic heterocycles. The van der Waals surface area contributed by atoms with E-state index < -0.39 is 0 Å². The Morgan fingerprint density at radius 1 is 0.947 bits per heavy atom. The van der Waals surface area contributed by atoms with Gasteiger partial charge in [-0.25, -0.2) is 4.98 Å². The first-order chi connectivity index (χ1) is 9.34. The zero-order valence-corrected chi connectivity index (χ0v) is 11.0. The van der Waals surface area contributed by atoms with Gasteiger partial charge in [0.15, 0.2) is 0 Å². The normalized spacial score (nSPS) is 11.0. The lowest BCUT2D eigenvalue weighted by molar-refractivity contribution is 0.643. The zero-order chi connectivity index (χ0) is 13.1. The van der Waals surface area contributed by atoms with Crippen molar-refractivity contribution in [2.45, 2.75) is 13.1 Å². The minimum absolute atomic E-state index is 0.778. The third kappa shape index (κ3) is 2.51. The van der Waals surface area contributed by atoms with Gasteiger partial charge >= 0.3 is 0 Å². The Labute approximate surface area is 112 Å². The number of imidazole rings is 1. The first-order valence-corrected chi connectivity index (χ1v) is 6.49. The van der Waals surface area contributed by atoms with Crippen molar-refractivity contribution in [2.24, 2.45) is 7.05 Å². The second-order valence-electron chi connectivity index (χ2n) is 4.66. The van der Waals surface area contributed by atoms with E-state index in [2.05, 4.69) is 58.3 Å². The Morgan fingerprint density at radius 3 is 2.47 bits per heavy atom. The maximum absolute atomic E-state index is 4.64. The number of hydrogen-bond donors (Lipinski definition) is 1. The Kier molecular flexibility index (Phi) is 3.29. The average molecular weight is 251 g/mol. The molecule has 0 unspecified atom stereocenters. The fourth-order valence-electron chi connectivity index (χ4n) is 2.27. The van der Waals surface area contributed by atoms with Crippen molar-refractivity contribution in [3.8, 4) is 0 Å². The molecule has 2 aromatic carbocycles. The first kappa shape index (κ1) is 11.9. The van der Waals surface area contributed by atoms with Crippen LogP contribution in [0.1, 0.15) is 11.4 Å². The van der Waals surface area contributed by atoms with E-state index in [-0.39, 0.29) is 0 Å². The molecule has 3 nitrogen and oxygen atoms in total. The Hall–Kier alpha value is -2.13. The molecule has 0 atom stereocenters. The van der Waals surface area contributed by atoms with Crippen LogP contribution in [0, 0.1) is 0 Å².